The Morgan fingerprint density at radius 3 is 2.95 bits per heavy atom. The maximum Gasteiger partial charge on any atom is 0.0483 e. The smallest absolute Gasteiger partial charge is 0.0483 e. The minimum absolute atomic E-state index is 0.947. The van der Waals surface area contributed by atoms with Crippen molar-refractivity contribution < 1.29 is 0 Å². The van der Waals surface area contributed by atoms with E-state index in [0.29, 0.717) is 0 Å². The second kappa shape index (κ2) is 6.25. The van der Waals surface area contributed by atoms with E-state index in [-0.39, 0.29) is 0 Å². The molecule has 3 aromatic rings. The molecule has 3 heteroatoms. The van der Waals surface area contributed by atoms with Crippen LogP contribution in [-0.2, 0) is 19.5 Å². The molecule has 1 aromatic carbocycles. The SMILES string of the molecule is CCNCc1cccc2c1ccn2CCc1ccsc1. The molecule has 0 aliphatic rings. The average Bonchev–Trinajstić information content (AvgIpc) is 3.12. The summed E-state index contributed by atoms with van der Waals surface area (Å²) in [6, 6.07) is 11.1. The molecule has 0 fully saturated rings. The zero-order valence-electron chi connectivity index (χ0n) is 11.8. The second-order valence-electron chi connectivity index (χ2n) is 5.02. The molecule has 1 N–H and O–H groups in total. The highest BCUT2D eigenvalue weighted by molar-refractivity contribution is 7.07. The lowest BCUT2D eigenvalue weighted by atomic mass is 10.1. The van der Waals surface area contributed by atoms with E-state index in [1.165, 1.54) is 22.0 Å². The van der Waals surface area contributed by atoms with Crippen molar-refractivity contribution in [2.75, 3.05) is 6.54 Å². The zero-order valence-corrected chi connectivity index (χ0v) is 12.6. The van der Waals surface area contributed by atoms with Crippen LogP contribution in [0.25, 0.3) is 10.9 Å². The Bertz CT molecular complexity index is 667. The van der Waals surface area contributed by atoms with Crippen LogP contribution in [0.2, 0.25) is 0 Å². The summed E-state index contributed by atoms with van der Waals surface area (Å²) in [7, 11) is 0. The van der Waals surface area contributed by atoms with Gasteiger partial charge in [0.05, 0.1) is 0 Å². The third kappa shape index (κ3) is 2.79. The van der Waals surface area contributed by atoms with Crippen LogP contribution in [-0.4, -0.2) is 11.1 Å². The Balaban J connectivity index is 1.81. The summed E-state index contributed by atoms with van der Waals surface area (Å²) in [4.78, 5) is 0. The maximum atomic E-state index is 3.41. The number of aryl methyl sites for hydroxylation is 2. The summed E-state index contributed by atoms with van der Waals surface area (Å²) in [5.74, 6) is 0. The Kier molecular flexibility index (Phi) is 4.19. The summed E-state index contributed by atoms with van der Waals surface area (Å²) in [6.45, 7) is 5.15. The normalized spacial score (nSPS) is 11.2. The molecule has 0 aliphatic carbocycles. The zero-order chi connectivity index (χ0) is 13.8. The van der Waals surface area contributed by atoms with Crippen molar-refractivity contribution in [3.05, 3.63) is 58.4 Å². The van der Waals surface area contributed by atoms with Crippen LogP contribution >= 0.6 is 11.3 Å². The number of fused-ring (bicyclic) bond motifs is 1. The molecule has 2 nitrogen and oxygen atoms in total. The molecule has 0 saturated carbocycles. The largest absolute Gasteiger partial charge is 0.347 e. The molecule has 2 aromatic heterocycles. The molecule has 0 aliphatic heterocycles. The fraction of sp³-hybridized carbons (Fsp3) is 0.294. The van der Waals surface area contributed by atoms with Gasteiger partial charge in [-0.3, -0.25) is 0 Å². The predicted molar refractivity (Wildman–Crippen MR) is 87.3 cm³/mol. The van der Waals surface area contributed by atoms with Crippen molar-refractivity contribution >= 4 is 22.2 Å². The first-order valence-corrected chi connectivity index (χ1v) is 8.11. The molecular weight excluding hydrogens is 264 g/mol. The van der Waals surface area contributed by atoms with E-state index < -0.39 is 0 Å². The van der Waals surface area contributed by atoms with Crippen molar-refractivity contribution in [3.8, 4) is 0 Å². The van der Waals surface area contributed by atoms with E-state index >= 15 is 0 Å². The number of nitrogens with one attached hydrogen (secondary N) is 1. The highest BCUT2D eigenvalue weighted by Gasteiger charge is 2.05. The molecule has 104 valence electrons. The van der Waals surface area contributed by atoms with Gasteiger partial charge >= 0.3 is 0 Å². The molecule has 20 heavy (non-hydrogen) atoms. The first-order valence-electron chi connectivity index (χ1n) is 7.17. The van der Waals surface area contributed by atoms with Gasteiger partial charge in [0.15, 0.2) is 0 Å². The van der Waals surface area contributed by atoms with Crippen molar-refractivity contribution in [3.63, 3.8) is 0 Å². The van der Waals surface area contributed by atoms with Crippen LogP contribution in [0.4, 0.5) is 0 Å². The van der Waals surface area contributed by atoms with Crippen LogP contribution in [0.1, 0.15) is 18.1 Å². The quantitative estimate of drug-likeness (QED) is 0.722. The minimum Gasteiger partial charge on any atom is -0.347 e. The van der Waals surface area contributed by atoms with Gasteiger partial charge in [-0.15, -0.1) is 0 Å². The molecule has 0 spiro atoms. The van der Waals surface area contributed by atoms with Crippen LogP contribution in [0.15, 0.2) is 47.3 Å². The summed E-state index contributed by atoms with van der Waals surface area (Å²) in [5, 5.41) is 9.18. The number of rotatable bonds is 6. The Morgan fingerprint density at radius 1 is 1.20 bits per heavy atom. The Morgan fingerprint density at radius 2 is 2.15 bits per heavy atom. The molecule has 0 saturated heterocycles. The molecule has 0 unspecified atom stereocenters. The first-order chi connectivity index (χ1) is 9.88. The average molecular weight is 284 g/mol. The van der Waals surface area contributed by atoms with Crippen LogP contribution in [0.3, 0.4) is 0 Å². The van der Waals surface area contributed by atoms with Crippen LogP contribution < -0.4 is 5.32 Å². The fourth-order valence-electron chi connectivity index (χ4n) is 2.58. The molecule has 0 bridgehead atoms. The molecular formula is C17H20N2S. The number of hydrogen-bond donors (Lipinski definition) is 1. The summed E-state index contributed by atoms with van der Waals surface area (Å²) in [6.07, 6.45) is 3.32. The number of aromatic nitrogens is 1. The van der Waals surface area contributed by atoms with Gasteiger partial charge in [-0.1, -0.05) is 19.1 Å². The van der Waals surface area contributed by atoms with E-state index in [1.54, 1.807) is 11.3 Å². The minimum atomic E-state index is 0.947. The summed E-state index contributed by atoms with van der Waals surface area (Å²) < 4.78 is 2.36. The fourth-order valence-corrected chi connectivity index (χ4v) is 3.28. The van der Waals surface area contributed by atoms with Gasteiger partial charge in [0.1, 0.15) is 0 Å². The topological polar surface area (TPSA) is 17.0 Å². The molecule has 2 heterocycles. The van der Waals surface area contributed by atoms with E-state index in [0.717, 1.165) is 26.1 Å². The van der Waals surface area contributed by atoms with Gasteiger partial charge in [0.2, 0.25) is 0 Å². The Hall–Kier alpha value is -1.58. The number of hydrogen-bond acceptors (Lipinski definition) is 2. The number of nitrogens with zero attached hydrogens (tertiary/aromatic N) is 1. The second-order valence-corrected chi connectivity index (χ2v) is 5.80. The van der Waals surface area contributed by atoms with Crippen molar-refractivity contribution in [2.24, 2.45) is 0 Å². The van der Waals surface area contributed by atoms with Crippen molar-refractivity contribution in [1.29, 1.82) is 0 Å². The van der Waals surface area contributed by atoms with Gasteiger partial charge in [0, 0.05) is 30.2 Å². The monoisotopic (exact) mass is 284 g/mol. The van der Waals surface area contributed by atoms with Crippen LogP contribution in [0.5, 0.6) is 0 Å². The van der Waals surface area contributed by atoms with E-state index in [2.05, 4.69) is 64.1 Å². The van der Waals surface area contributed by atoms with Crippen molar-refractivity contribution in [1.82, 2.24) is 9.88 Å². The Labute approximate surface area is 124 Å². The van der Waals surface area contributed by atoms with Gasteiger partial charge in [-0.05, 0) is 53.1 Å². The maximum absolute atomic E-state index is 3.41. The van der Waals surface area contributed by atoms with E-state index in [4.69, 9.17) is 0 Å². The molecule has 3 rings (SSSR count). The molecule has 0 amide bonds. The number of benzene rings is 1. The third-order valence-electron chi connectivity index (χ3n) is 3.69. The summed E-state index contributed by atoms with van der Waals surface area (Å²) in [5.41, 5.74) is 4.16. The van der Waals surface area contributed by atoms with Gasteiger partial charge in [0.25, 0.3) is 0 Å². The lowest BCUT2D eigenvalue weighted by molar-refractivity contribution is 0.722. The molecule has 0 atom stereocenters. The first kappa shape index (κ1) is 13.4. The van der Waals surface area contributed by atoms with E-state index in [1.807, 2.05) is 0 Å². The van der Waals surface area contributed by atoms with Gasteiger partial charge in [-0.25, -0.2) is 0 Å². The van der Waals surface area contributed by atoms with Gasteiger partial charge < -0.3 is 9.88 Å². The van der Waals surface area contributed by atoms with Gasteiger partial charge in [-0.2, -0.15) is 11.3 Å². The third-order valence-corrected chi connectivity index (χ3v) is 4.42. The highest BCUT2D eigenvalue weighted by atomic mass is 32.1. The molecule has 0 radical (unpaired) electrons. The summed E-state index contributed by atoms with van der Waals surface area (Å²) >= 11 is 1.77. The van der Waals surface area contributed by atoms with Crippen molar-refractivity contribution in [2.45, 2.75) is 26.4 Å². The predicted octanol–water partition coefficient (Wildman–Crippen LogP) is 4.06. The lowest BCUT2D eigenvalue weighted by Gasteiger charge is -2.07. The standard InChI is InChI=1S/C17H20N2S/c1-2-18-12-15-4-3-5-17-16(15)7-10-19(17)9-6-14-8-11-20-13-14/h3-5,7-8,10-11,13,18H,2,6,9,12H2,1H3. The highest BCUT2D eigenvalue weighted by Crippen LogP contribution is 2.21. The number of thiophene rings is 1. The van der Waals surface area contributed by atoms with E-state index in [9.17, 15) is 0 Å². The van der Waals surface area contributed by atoms with Crippen LogP contribution in [0, 0.1) is 0 Å². The lowest BCUT2D eigenvalue weighted by Crippen LogP contribution is -2.11.